The van der Waals surface area contributed by atoms with Crippen molar-refractivity contribution >= 4 is 29.0 Å². The van der Waals surface area contributed by atoms with E-state index in [1.165, 1.54) is 24.8 Å². The zero-order chi connectivity index (χ0) is 15.2. The van der Waals surface area contributed by atoms with Crippen molar-refractivity contribution in [2.24, 2.45) is 0 Å². The molecule has 108 valence electrons. The van der Waals surface area contributed by atoms with Gasteiger partial charge in [0.2, 0.25) is 5.91 Å². The fourth-order valence-electron chi connectivity index (χ4n) is 1.63. The van der Waals surface area contributed by atoms with Gasteiger partial charge in [-0.15, -0.1) is 0 Å². The van der Waals surface area contributed by atoms with Crippen LogP contribution in [0.1, 0.15) is 6.92 Å². The fourth-order valence-corrected chi connectivity index (χ4v) is 2.63. The second-order valence-electron chi connectivity index (χ2n) is 4.13. The van der Waals surface area contributed by atoms with Crippen LogP contribution in [0.2, 0.25) is 0 Å². The Hall–Kier alpha value is -2.54. The molecule has 0 aliphatic heterocycles. The van der Waals surface area contributed by atoms with Gasteiger partial charge in [-0.05, 0) is 18.2 Å². The average Bonchev–Trinajstić information content (AvgIpc) is 2.46. The summed E-state index contributed by atoms with van der Waals surface area (Å²) in [5.41, 5.74) is 6.01. The van der Waals surface area contributed by atoms with Crippen LogP contribution in [0.25, 0.3) is 0 Å². The number of hydrogen-bond acceptors (Lipinski definition) is 5. The zero-order valence-electron chi connectivity index (χ0n) is 11.2. The maximum atomic E-state index is 11.0. The summed E-state index contributed by atoms with van der Waals surface area (Å²) in [4.78, 5) is 22.9. The van der Waals surface area contributed by atoms with E-state index in [4.69, 9.17) is 0 Å². The number of para-hydroxylation sites is 2. The topological polar surface area (TPSA) is 84.3 Å². The van der Waals surface area contributed by atoms with Gasteiger partial charge in [0.15, 0.2) is 0 Å². The molecule has 2 N–H and O–H groups in total. The van der Waals surface area contributed by atoms with Crippen LogP contribution in [0.3, 0.4) is 0 Å². The van der Waals surface area contributed by atoms with E-state index in [1.54, 1.807) is 24.3 Å². The SMILES string of the molecule is CC(=O)NNc1ccccc1Sc1ccccc1[N+](=O)[O-]. The number of rotatable bonds is 5. The van der Waals surface area contributed by atoms with Crippen molar-refractivity contribution < 1.29 is 9.72 Å². The molecule has 0 radical (unpaired) electrons. The lowest BCUT2D eigenvalue weighted by Crippen LogP contribution is -2.26. The van der Waals surface area contributed by atoms with Crippen molar-refractivity contribution in [2.45, 2.75) is 16.7 Å². The normalized spacial score (nSPS) is 9.95. The van der Waals surface area contributed by atoms with Gasteiger partial charge in [-0.25, -0.2) is 0 Å². The molecule has 0 saturated carbocycles. The number of carbonyl (C=O) groups excluding carboxylic acids is 1. The van der Waals surface area contributed by atoms with E-state index in [1.807, 2.05) is 18.2 Å². The number of benzene rings is 2. The largest absolute Gasteiger partial charge is 0.297 e. The number of nitrogens with zero attached hydrogens (tertiary/aromatic N) is 1. The number of hydrogen-bond donors (Lipinski definition) is 2. The summed E-state index contributed by atoms with van der Waals surface area (Å²) >= 11 is 1.27. The number of carbonyl (C=O) groups is 1. The highest BCUT2D eigenvalue weighted by Gasteiger charge is 2.15. The molecule has 6 nitrogen and oxygen atoms in total. The summed E-state index contributed by atoms with van der Waals surface area (Å²) in [7, 11) is 0. The van der Waals surface area contributed by atoms with E-state index in [0.717, 1.165) is 4.90 Å². The van der Waals surface area contributed by atoms with E-state index in [9.17, 15) is 14.9 Å². The first-order valence-electron chi connectivity index (χ1n) is 6.11. The molecule has 0 fully saturated rings. The maximum Gasteiger partial charge on any atom is 0.283 e. The molecular weight excluding hydrogens is 290 g/mol. The Bertz CT molecular complexity index is 676. The minimum Gasteiger partial charge on any atom is -0.297 e. The van der Waals surface area contributed by atoms with Crippen molar-refractivity contribution in [2.75, 3.05) is 5.43 Å². The van der Waals surface area contributed by atoms with Gasteiger partial charge in [0.25, 0.3) is 5.69 Å². The second-order valence-corrected chi connectivity index (χ2v) is 5.21. The molecule has 2 aromatic rings. The Labute approximate surface area is 125 Å². The summed E-state index contributed by atoms with van der Waals surface area (Å²) < 4.78 is 0. The lowest BCUT2D eigenvalue weighted by Gasteiger charge is -2.11. The quantitative estimate of drug-likeness (QED) is 0.654. The lowest BCUT2D eigenvalue weighted by molar-refractivity contribution is -0.387. The van der Waals surface area contributed by atoms with Crippen LogP contribution in [-0.2, 0) is 4.79 Å². The molecule has 2 aromatic carbocycles. The first kappa shape index (κ1) is 14.9. The number of amides is 1. The number of nitrogens with one attached hydrogen (secondary N) is 2. The summed E-state index contributed by atoms with van der Waals surface area (Å²) in [6.45, 7) is 1.39. The molecule has 0 aliphatic carbocycles. The van der Waals surface area contributed by atoms with E-state index < -0.39 is 4.92 Å². The van der Waals surface area contributed by atoms with Crippen LogP contribution in [-0.4, -0.2) is 10.8 Å². The number of anilines is 1. The number of nitro benzene ring substituents is 1. The highest BCUT2D eigenvalue weighted by Crippen LogP contribution is 2.37. The van der Waals surface area contributed by atoms with Gasteiger partial charge >= 0.3 is 0 Å². The molecule has 0 heterocycles. The third-order valence-corrected chi connectivity index (χ3v) is 3.68. The first-order valence-corrected chi connectivity index (χ1v) is 6.92. The van der Waals surface area contributed by atoms with E-state index in [2.05, 4.69) is 10.9 Å². The van der Waals surface area contributed by atoms with Crippen molar-refractivity contribution in [3.05, 3.63) is 58.6 Å². The third kappa shape index (κ3) is 3.96. The van der Waals surface area contributed by atoms with Crippen LogP contribution in [0.5, 0.6) is 0 Å². The smallest absolute Gasteiger partial charge is 0.283 e. The second kappa shape index (κ2) is 6.76. The van der Waals surface area contributed by atoms with Crippen LogP contribution < -0.4 is 10.9 Å². The van der Waals surface area contributed by atoms with Gasteiger partial charge in [0, 0.05) is 17.9 Å². The third-order valence-electron chi connectivity index (χ3n) is 2.54. The van der Waals surface area contributed by atoms with Gasteiger partial charge in [0.05, 0.1) is 15.5 Å². The van der Waals surface area contributed by atoms with Crippen LogP contribution >= 0.6 is 11.8 Å². The van der Waals surface area contributed by atoms with Crippen LogP contribution in [0.15, 0.2) is 58.3 Å². The van der Waals surface area contributed by atoms with Crippen molar-refractivity contribution in [1.82, 2.24) is 5.43 Å². The minimum absolute atomic E-state index is 0.0526. The number of hydrazine groups is 1. The molecule has 0 atom stereocenters. The summed E-state index contributed by atoms with van der Waals surface area (Å²) in [5.74, 6) is -0.222. The molecule has 0 aliphatic rings. The predicted octanol–water partition coefficient (Wildman–Crippen LogP) is 3.21. The molecule has 0 bridgehead atoms. The molecule has 0 saturated heterocycles. The standard InChI is InChI=1S/C14H13N3O3S/c1-10(18)15-16-11-6-2-4-8-13(11)21-14-9-5-3-7-12(14)17(19)20/h2-9,16H,1H3,(H,15,18). The van der Waals surface area contributed by atoms with Gasteiger partial charge < -0.3 is 0 Å². The Morgan fingerprint density at radius 2 is 1.71 bits per heavy atom. The Morgan fingerprint density at radius 3 is 2.38 bits per heavy atom. The van der Waals surface area contributed by atoms with Crippen LogP contribution in [0.4, 0.5) is 11.4 Å². The summed E-state index contributed by atoms with van der Waals surface area (Å²) in [6.07, 6.45) is 0. The van der Waals surface area contributed by atoms with Crippen molar-refractivity contribution in [3.8, 4) is 0 Å². The van der Waals surface area contributed by atoms with Crippen molar-refractivity contribution in [1.29, 1.82) is 0 Å². The van der Waals surface area contributed by atoms with Gasteiger partial charge in [0.1, 0.15) is 0 Å². The highest BCUT2D eigenvalue weighted by atomic mass is 32.2. The Balaban J connectivity index is 2.28. The van der Waals surface area contributed by atoms with Gasteiger partial charge in [-0.1, -0.05) is 36.0 Å². The highest BCUT2D eigenvalue weighted by molar-refractivity contribution is 7.99. The first-order chi connectivity index (χ1) is 10.1. The molecule has 2 rings (SSSR count). The Kier molecular flexibility index (Phi) is 4.78. The molecule has 7 heteroatoms. The molecule has 0 spiro atoms. The van der Waals surface area contributed by atoms with Crippen molar-refractivity contribution in [3.63, 3.8) is 0 Å². The average molecular weight is 303 g/mol. The van der Waals surface area contributed by atoms with E-state index in [-0.39, 0.29) is 11.6 Å². The number of nitro groups is 1. The Morgan fingerprint density at radius 1 is 1.10 bits per heavy atom. The summed E-state index contributed by atoms with van der Waals surface area (Å²) in [6, 6.07) is 13.8. The predicted molar refractivity (Wildman–Crippen MR) is 81.1 cm³/mol. The minimum atomic E-state index is -0.411. The molecule has 21 heavy (non-hydrogen) atoms. The summed E-state index contributed by atoms with van der Waals surface area (Å²) in [5, 5.41) is 11.0. The molecule has 0 aromatic heterocycles. The fraction of sp³-hybridized carbons (Fsp3) is 0.0714. The van der Waals surface area contributed by atoms with E-state index in [0.29, 0.717) is 10.6 Å². The molecular formula is C14H13N3O3S. The zero-order valence-corrected chi connectivity index (χ0v) is 12.0. The maximum absolute atomic E-state index is 11.0. The van der Waals surface area contributed by atoms with Gasteiger partial charge in [-0.3, -0.25) is 25.8 Å². The van der Waals surface area contributed by atoms with E-state index >= 15 is 0 Å². The van der Waals surface area contributed by atoms with Crippen LogP contribution in [0, 0.1) is 10.1 Å². The molecule has 1 amide bonds. The molecule has 0 unspecified atom stereocenters. The lowest BCUT2D eigenvalue weighted by atomic mass is 10.3. The van der Waals surface area contributed by atoms with Gasteiger partial charge in [-0.2, -0.15) is 0 Å². The monoisotopic (exact) mass is 303 g/mol.